The summed E-state index contributed by atoms with van der Waals surface area (Å²) in [6, 6.07) is 6.50. The highest BCUT2D eigenvalue weighted by Gasteiger charge is 2.30. The second-order valence-electron chi connectivity index (χ2n) is 5.46. The summed E-state index contributed by atoms with van der Waals surface area (Å²) in [6.45, 7) is 4.52. The van der Waals surface area contributed by atoms with Gasteiger partial charge in [0.2, 0.25) is 5.91 Å². The fraction of sp³-hybridized carbons (Fsp3) is 0.500. The standard InChI is InChI=1S/C14H21N3O4S/c1-10-8-17(9-11(2)21-10)22(19,20)16-7-12-3-5-13(6-4-12)14(15)18/h3-6,10-11,16H,7-9H2,1-2H3,(H2,15,18)/t10-,11-/m1/s1. The van der Waals surface area contributed by atoms with Crippen LogP contribution < -0.4 is 10.5 Å². The molecule has 0 aliphatic carbocycles. The topological polar surface area (TPSA) is 102 Å². The largest absolute Gasteiger partial charge is 0.373 e. The smallest absolute Gasteiger partial charge is 0.279 e. The Bertz CT molecular complexity index is 620. The Morgan fingerprint density at radius 1 is 1.27 bits per heavy atom. The molecule has 8 heteroatoms. The lowest BCUT2D eigenvalue weighted by molar-refractivity contribution is -0.0444. The quantitative estimate of drug-likeness (QED) is 0.808. The summed E-state index contributed by atoms with van der Waals surface area (Å²) in [7, 11) is -3.56. The second-order valence-corrected chi connectivity index (χ2v) is 7.22. The average molecular weight is 327 g/mol. The molecule has 7 nitrogen and oxygen atoms in total. The predicted octanol–water partition coefficient (Wildman–Crippen LogP) is 0.229. The van der Waals surface area contributed by atoms with Gasteiger partial charge in [-0.05, 0) is 31.5 Å². The van der Waals surface area contributed by atoms with Crippen molar-refractivity contribution in [1.82, 2.24) is 9.03 Å². The van der Waals surface area contributed by atoms with Crippen molar-refractivity contribution in [2.75, 3.05) is 13.1 Å². The fourth-order valence-electron chi connectivity index (χ4n) is 2.38. The molecule has 0 aromatic heterocycles. The lowest BCUT2D eigenvalue weighted by Crippen LogP contribution is -2.51. The number of nitrogens with two attached hydrogens (primary N) is 1. The summed E-state index contributed by atoms with van der Waals surface area (Å²) >= 11 is 0. The van der Waals surface area contributed by atoms with Crippen molar-refractivity contribution in [3.8, 4) is 0 Å². The summed E-state index contributed by atoms with van der Waals surface area (Å²) in [5, 5.41) is 0. The van der Waals surface area contributed by atoms with Gasteiger partial charge in [0.05, 0.1) is 12.2 Å². The minimum absolute atomic E-state index is 0.129. The summed E-state index contributed by atoms with van der Waals surface area (Å²) in [4.78, 5) is 11.0. The van der Waals surface area contributed by atoms with E-state index in [1.165, 1.54) is 4.31 Å². The highest BCUT2D eigenvalue weighted by Crippen LogP contribution is 2.14. The van der Waals surface area contributed by atoms with Crippen molar-refractivity contribution in [2.45, 2.75) is 32.6 Å². The van der Waals surface area contributed by atoms with Crippen LogP contribution in [0.2, 0.25) is 0 Å². The van der Waals surface area contributed by atoms with Gasteiger partial charge in [-0.15, -0.1) is 0 Å². The van der Waals surface area contributed by atoms with E-state index in [1.807, 2.05) is 13.8 Å². The van der Waals surface area contributed by atoms with Crippen molar-refractivity contribution in [3.05, 3.63) is 35.4 Å². The lowest BCUT2D eigenvalue weighted by Gasteiger charge is -2.34. The van der Waals surface area contributed by atoms with Crippen LogP contribution in [0.3, 0.4) is 0 Å². The maximum absolute atomic E-state index is 12.3. The fourth-order valence-corrected chi connectivity index (χ4v) is 3.72. The number of nitrogens with one attached hydrogen (secondary N) is 1. The molecule has 0 spiro atoms. The third-order valence-electron chi connectivity index (χ3n) is 3.42. The SMILES string of the molecule is C[C@@H]1CN(S(=O)(=O)NCc2ccc(C(N)=O)cc2)C[C@@H](C)O1. The zero-order valence-corrected chi connectivity index (χ0v) is 13.5. The van der Waals surface area contributed by atoms with Gasteiger partial charge in [-0.2, -0.15) is 17.4 Å². The number of carbonyl (C=O) groups is 1. The van der Waals surface area contributed by atoms with Gasteiger partial charge in [0.15, 0.2) is 0 Å². The van der Waals surface area contributed by atoms with E-state index in [2.05, 4.69) is 4.72 Å². The monoisotopic (exact) mass is 327 g/mol. The predicted molar refractivity (Wildman–Crippen MR) is 82.3 cm³/mol. The van der Waals surface area contributed by atoms with Gasteiger partial charge in [-0.3, -0.25) is 4.79 Å². The van der Waals surface area contributed by atoms with Crippen molar-refractivity contribution in [3.63, 3.8) is 0 Å². The number of morpholine rings is 1. The van der Waals surface area contributed by atoms with Crippen molar-refractivity contribution < 1.29 is 17.9 Å². The number of nitrogens with zero attached hydrogens (tertiary/aromatic N) is 1. The maximum atomic E-state index is 12.3. The molecule has 3 N–H and O–H groups in total. The third kappa shape index (κ3) is 4.26. The van der Waals surface area contributed by atoms with Crippen LogP contribution in [0.4, 0.5) is 0 Å². The second kappa shape index (κ2) is 6.74. The van der Waals surface area contributed by atoms with Gasteiger partial charge in [-0.25, -0.2) is 0 Å². The first-order valence-corrected chi connectivity index (χ1v) is 8.51. The molecule has 1 saturated heterocycles. The Balaban J connectivity index is 1.98. The molecule has 1 aromatic rings. The first-order valence-electron chi connectivity index (χ1n) is 7.07. The summed E-state index contributed by atoms with van der Waals surface area (Å²) in [6.07, 6.45) is -0.259. The molecule has 0 saturated carbocycles. The first kappa shape index (κ1) is 16.9. The van der Waals surface area contributed by atoms with Crippen LogP contribution in [0.5, 0.6) is 0 Å². The van der Waals surface area contributed by atoms with Gasteiger partial charge < -0.3 is 10.5 Å². The van der Waals surface area contributed by atoms with Crippen LogP contribution in [-0.4, -0.2) is 43.9 Å². The highest BCUT2D eigenvalue weighted by atomic mass is 32.2. The molecule has 1 aromatic carbocycles. The number of amides is 1. The van der Waals surface area contributed by atoms with E-state index in [1.54, 1.807) is 24.3 Å². The van der Waals surface area contributed by atoms with Crippen LogP contribution in [-0.2, 0) is 21.5 Å². The lowest BCUT2D eigenvalue weighted by atomic mass is 10.1. The Hall–Kier alpha value is -1.48. The molecule has 1 aliphatic heterocycles. The number of hydrogen-bond acceptors (Lipinski definition) is 4. The number of rotatable bonds is 5. The number of carbonyl (C=O) groups excluding carboxylic acids is 1. The molecular weight excluding hydrogens is 306 g/mol. The molecule has 122 valence electrons. The van der Waals surface area contributed by atoms with Crippen molar-refractivity contribution in [1.29, 1.82) is 0 Å². The van der Waals surface area contributed by atoms with Crippen LogP contribution in [0, 0.1) is 0 Å². The van der Waals surface area contributed by atoms with E-state index < -0.39 is 16.1 Å². The summed E-state index contributed by atoms with van der Waals surface area (Å²) in [5.74, 6) is -0.511. The molecule has 1 amide bonds. The molecule has 0 bridgehead atoms. The average Bonchev–Trinajstić information content (AvgIpc) is 2.44. The molecule has 2 atom stereocenters. The van der Waals surface area contributed by atoms with Crippen LogP contribution >= 0.6 is 0 Å². The van der Waals surface area contributed by atoms with Crippen molar-refractivity contribution >= 4 is 16.1 Å². The third-order valence-corrected chi connectivity index (χ3v) is 4.91. The van der Waals surface area contributed by atoms with Gasteiger partial charge in [0, 0.05) is 25.2 Å². The molecule has 1 fully saturated rings. The normalized spacial score (nSPS) is 23.4. The van der Waals surface area contributed by atoms with Gasteiger partial charge in [-0.1, -0.05) is 12.1 Å². The van der Waals surface area contributed by atoms with E-state index in [0.29, 0.717) is 18.7 Å². The molecule has 1 heterocycles. The van der Waals surface area contributed by atoms with Crippen LogP contribution in [0.1, 0.15) is 29.8 Å². The van der Waals surface area contributed by atoms with Crippen LogP contribution in [0.25, 0.3) is 0 Å². The minimum atomic E-state index is -3.56. The first-order chi connectivity index (χ1) is 10.3. The summed E-state index contributed by atoms with van der Waals surface area (Å²) < 4.78 is 34.1. The molecular formula is C14H21N3O4S. The van der Waals surface area contributed by atoms with Crippen molar-refractivity contribution in [2.24, 2.45) is 5.73 Å². The number of ether oxygens (including phenoxy) is 1. The minimum Gasteiger partial charge on any atom is -0.373 e. The zero-order valence-electron chi connectivity index (χ0n) is 12.7. The van der Waals surface area contributed by atoms with E-state index in [4.69, 9.17) is 10.5 Å². The summed E-state index contributed by atoms with van der Waals surface area (Å²) in [5.41, 5.74) is 6.31. The van der Waals surface area contributed by atoms with E-state index in [0.717, 1.165) is 5.56 Å². The molecule has 0 radical (unpaired) electrons. The van der Waals surface area contributed by atoms with E-state index >= 15 is 0 Å². The highest BCUT2D eigenvalue weighted by molar-refractivity contribution is 7.87. The number of benzene rings is 1. The number of hydrogen-bond donors (Lipinski definition) is 2. The Morgan fingerprint density at radius 3 is 2.32 bits per heavy atom. The van der Waals surface area contributed by atoms with Crippen LogP contribution in [0.15, 0.2) is 24.3 Å². The number of primary amides is 1. The molecule has 1 aliphatic rings. The maximum Gasteiger partial charge on any atom is 0.279 e. The van der Waals surface area contributed by atoms with Gasteiger partial charge in [0.25, 0.3) is 10.2 Å². The Labute approximate surface area is 130 Å². The molecule has 0 unspecified atom stereocenters. The van der Waals surface area contributed by atoms with Gasteiger partial charge in [0.1, 0.15) is 0 Å². The molecule has 2 rings (SSSR count). The molecule has 22 heavy (non-hydrogen) atoms. The zero-order chi connectivity index (χ0) is 16.3. The Morgan fingerprint density at radius 2 is 1.82 bits per heavy atom. The van der Waals surface area contributed by atoms with E-state index in [9.17, 15) is 13.2 Å². The Kier molecular flexibility index (Phi) is 5.17. The van der Waals surface area contributed by atoms with Gasteiger partial charge >= 0.3 is 0 Å². The van der Waals surface area contributed by atoms with E-state index in [-0.39, 0.29) is 18.8 Å².